The number of nitrogens with zero attached hydrogens (tertiary/aromatic N) is 3. The molecule has 0 unspecified atom stereocenters. The zero-order chi connectivity index (χ0) is 16.5. The van der Waals surface area contributed by atoms with Crippen molar-refractivity contribution in [1.29, 1.82) is 0 Å². The molecule has 1 N–H and O–H groups in total. The van der Waals surface area contributed by atoms with Gasteiger partial charge in [0.2, 0.25) is 12.7 Å². The minimum absolute atomic E-state index is 0.0172. The first-order valence-electron chi connectivity index (χ1n) is 8.30. The van der Waals surface area contributed by atoms with Crippen LogP contribution in [0.4, 0.5) is 0 Å². The zero-order valence-electron chi connectivity index (χ0n) is 13.6. The molecule has 0 bridgehead atoms. The van der Waals surface area contributed by atoms with Crippen LogP contribution in [0, 0.1) is 5.92 Å². The van der Waals surface area contributed by atoms with E-state index in [1.54, 1.807) is 6.33 Å². The fourth-order valence-electron chi connectivity index (χ4n) is 3.04. The van der Waals surface area contributed by atoms with Gasteiger partial charge in [0, 0.05) is 6.54 Å². The van der Waals surface area contributed by atoms with Crippen LogP contribution >= 0.6 is 0 Å². The Bertz CT molecular complexity index is 754. The topological polar surface area (TPSA) is 78.3 Å². The van der Waals surface area contributed by atoms with Crippen molar-refractivity contribution in [3.8, 4) is 11.5 Å². The fraction of sp³-hybridized carbons (Fsp3) is 0.471. The lowest BCUT2D eigenvalue weighted by molar-refractivity contribution is -0.121. The lowest BCUT2D eigenvalue weighted by atomic mass is 10.1. The number of amides is 1. The Labute approximate surface area is 140 Å². The lowest BCUT2D eigenvalue weighted by Gasteiger charge is -2.18. The quantitative estimate of drug-likeness (QED) is 0.875. The van der Waals surface area contributed by atoms with Crippen LogP contribution < -0.4 is 14.8 Å². The Kier molecular flexibility index (Phi) is 3.84. The Morgan fingerprint density at radius 1 is 1.38 bits per heavy atom. The monoisotopic (exact) mass is 328 g/mol. The molecule has 1 aliphatic carbocycles. The minimum atomic E-state index is -0.0611. The summed E-state index contributed by atoms with van der Waals surface area (Å²) in [6.07, 6.45) is 4.09. The van der Waals surface area contributed by atoms with Gasteiger partial charge in [-0.25, -0.2) is 9.67 Å². The molecule has 24 heavy (non-hydrogen) atoms. The molecule has 7 nitrogen and oxygen atoms in total. The van der Waals surface area contributed by atoms with Crippen molar-refractivity contribution in [2.75, 3.05) is 6.79 Å². The van der Waals surface area contributed by atoms with Crippen LogP contribution in [0.1, 0.15) is 37.2 Å². The van der Waals surface area contributed by atoms with Crippen molar-refractivity contribution in [2.45, 2.75) is 38.8 Å². The molecule has 2 aromatic rings. The van der Waals surface area contributed by atoms with Gasteiger partial charge in [-0.05, 0) is 43.4 Å². The largest absolute Gasteiger partial charge is 0.454 e. The van der Waals surface area contributed by atoms with Crippen LogP contribution in [0.3, 0.4) is 0 Å². The first-order valence-corrected chi connectivity index (χ1v) is 8.30. The van der Waals surface area contributed by atoms with E-state index in [1.807, 2.05) is 29.8 Å². The summed E-state index contributed by atoms with van der Waals surface area (Å²) in [7, 11) is 0. The summed E-state index contributed by atoms with van der Waals surface area (Å²) < 4.78 is 12.5. The highest BCUT2D eigenvalue weighted by molar-refractivity contribution is 5.79. The summed E-state index contributed by atoms with van der Waals surface area (Å²) in [5, 5.41) is 7.36. The highest BCUT2D eigenvalue weighted by Crippen LogP contribution is 2.40. The molecule has 7 heteroatoms. The molecular weight excluding hydrogens is 308 g/mol. The van der Waals surface area contributed by atoms with Crippen molar-refractivity contribution in [3.63, 3.8) is 0 Å². The minimum Gasteiger partial charge on any atom is -0.454 e. The van der Waals surface area contributed by atoms with Gasteiger partial charge in [-0.3, -0.25) is 4.79 Å². The summed E-state index contributed by atoms with van der Waals surface area (Å²) >= 11 is 0. The number of aryl methyl sites for hydroxylation is 1. The molecule has 1 aliphatic heterocycles. The van der Waals surface area contributed by atoms with E-state index < -0.39 is 0 Å². The number of fused-ring (bicyclic) bond motifs is 1. The van der Waals surface area contributed by atoms with Crippen molar-refractivity contribution in [2.24, 2.45) is 5.92 Å². The molecule has 0 radical (unpaired) electrons. The SMILES string of the molecule is CCn1ncnc1[C@H](NC(=O)Cc1ccc2c(c1)OCO2)C1CC1. The smallest absolute Gasteiger partial charge is 0.231 e. The molecule has 2 aliphatic rings. The van der Waals surface area contributed by atoms with Gasteiger partial charge >= 0.3 is 0 Å². The number of carbonyl (C=O) groups is 1. The summed E-state index contributed by atoms with van der Waals surface area (Å²) in [6.45, 7) is 3.01. The van der Waals surface area contributed by atoms with E-state index in [0.29, 0.717) is 18.1 Å². The highest BCUT2D eigenvalue weighted by atomic mass is 16.7. The number of carbonyl (C=O) groups excluding carboxylic acids is 1. The molecule has 1 saturated carbocycles. The Morgan fingerprint density at radius 2 is 2.21 bits per heavy atom. The van der Waals surface area contributed by atoms with Gasteiger partial charge in [0.15, 0.2) is 11.5 Å². The van der Waals surface area contributed by atoms with Gasteiger partial charge in [0.1, 0.15) is 12.2 Å². The van der Waals surface area contributed by atoms with E-state index in [4.69, 9.17) is 9.47 Å². The molecule has 0 spiro atoms. The third-order valence-electron chi connectivity index (χ3n) is 4.43. The van der Waals surface area contributed by atoms with Gasteiger partial charge in [-0.15, -0.1) is 0 Å². The molecule has 4 rings (SSSR count). The van der Waals surface area contributed by atoms with Crippen molar-refractivity contribution in [1.82, 2.24) is 20.1 Å². The molecule has 0 saturated heterocycles. The number of nitrogens with one attached hydrogen (secondary N) is 1. The van der Waals surface area contributed by atoms with Gasteiger partial charge in [-0.2, -0.15) is 5.10 Å². The predicted molar refractivity (Wildman–Crippen MR) is 85.6 cm³/mol. The van der Waals surface area contributed by atoms with E-state index in [2.05, 4.69) is 15.4 Å². The van der Waals surface area contributed by atoms with Crippen LogP contribution in [0.2, 0.25) is 0 Å². The van der Waals surface area contributed by atoms with E-state index in [1.165, 1.54) is 0 Å². The first-order chi connectivity index (χ1) is 11.7. The summed E-state index contributed by atoms with van der Waals surface area (Å²) in [5.74, 6) is 2.71. The summed E-state index contributed by atoms with van der Waals surface area (Å²) in [6, 6.07) is 5.54. The average molecular weight is 328 g/mol. The Balaban J connectivity index is 1.46. The zero-order valence-corrected chi connectivity index (χ0v) is 13.6. The number of hydrogen-bond donors (Lipinski definition) is 1. The predicted octanol–water partition coefficient (Wildman–Crippen LogP) is 1.84. The van der Waals surface area contributed by atoms with Gasteiger partial charge in [0.05, 0.1) is 12.5 Å². The molecule has 1 fully saturated rings. The molecule has 1 atom stereocenters. The number of aromatic nitrogens is 3. The van der Waals surface area contributed by atoms with E-state index in [9.17, 15) is 4.79 Å². The average Bonchev–Trinajstić information content (AvgIpc) is 3.13. The van der Waals surface area contributed by atoms with Crippen molar-refractivity contribution >= 4 is 5.91 Å². The maximum Gasteiger partial charge on any atom is 0.231 e. The van der Waals surface area contributed by atoms with Gasteiger partial charge < -0.3 is 14.8 Å². The van der Waals surface area contributed by atoms with Crippen LogP contribution in [-0.4, -0.2) is 27.5 Å². The third-order valence-corrected chi connectivity index (χ3v) is 4.43. The number of ether oxygens (including phenoxy) is 2. The molecule has 1 aromatic heterocycles. The second-order valence-electron chi connectivity index (χ2n) is 6.18. The standard InChI is InChI=1S/C17H20N4O3/c1-2-21-17(18-9-19-21)16(12-4-5-12)20-15(22)8-11-3-6-13-14(7-11)24-10-23-13/h3,6-7,9,12,16H,2,4-5,8,10H2,1H3,(H,20,22)/t16-/m1/s1. The molecule has 126 valence electrons. The van der Waals surface area contributed by atoms with Gasteiger partial charge in [0.25, 0.3) is 0 Å². The van der Waals surface area contributed by atoms with Crippen LogP contribution in [0.5, 0.6) is 11.5 Å². The van der Waals surface area contributed by atoms with Crippen LogP contribution in [0.25, 0.3) is 0 Å². The second-order valence-corrected chi connectivity index (χ2v) is 6.18. The maximum atomic E-state index is 12.5. The molecular formula is C17H20N4O3. The maximum absolute atomic E-state index is 12.5. The molecule has 1 amide bonds. The highest BCUT2D eigenvalue weighted by Gasteiger charge is 2.36. The van der Waals surface area contributed by atoms with Crippen LogP contribution in [0.15, 0.2) is 24.5 Å². The van der Waals surface area contributed by atoms with E-state index >= 15 is 0 Å². The number of rotatable bonds is 6. The molecule has 2 heterocycles. The lowest BCUT2D eigenvalue weighted by Crippen LogP contribution is -2.33. The van der Waals surface area contributed by atoms with Crippen molar-refractivity contribution in [3.05, 3.63) is 35.9 Å². The summed E-state index contributed by atoms with van der Waals surface area (Å²) in [5.41, 5.74) is 0.906. The van der Waals surface area contributed by atoms with Gasteiger partial charge in [-0.1, -0.05) is 6.07 Å². The third kappa shape index (κ3) is 2.93. The summed E-state index contributed by atoms with van der Waals surface area (Å²) in [4.78, 5) is 16.9. The normalized spacial score (nSPS) is 16.9. The number of hydrogen-bond acceptors (Lipinski definition) is 5. The first kappa shape index (κ1) is 15.0. The molecule has 1 aromatic carbocycles. The van der Waals surface area contributed by atoms with Crippen LogP contribution in [-0.2, 0) is 17.8 Å². The second kappa shape index (κ2) is 6.14. The Hall–Kier alpha value is -2.57. The Morgan fingerprint density at radius 3 is 3.00 bits per heavy atom. The van der Waals surface area contributed by atoms with E-state index in [-0.39, 0.29) is 18.7 Å². The number of benzene rings is 1. The van der Waals surface area contributed by atoms with E-state index in [0.717, 1.165) is 36.5 Å². The van der Waals surface area contributed by atoms with Crippen molar-refractivity contribution < 1.29 is 14.3 Å². The fourth-order valence-corrected chi connectivity index (χ4v) is 3.04.